The molecule has 0 bridgehead atoms. The van der Waals surface area contributed by atoms with E-state index in [4.69, 9.17) is 0 Å². The summed E-state index contributed by atoms with van der Waals surface area (Å²) in [5, 5.41) is 12.8. The Labute approximate surface area is 646 Å². The molecule has 2 aliphatic rings. The van der Waals surface area contributed by atoms with Gasteiger partial charge >= 0.3 is 0 Å². The van der Waals surface area contributed by atoms with Crippen molar-refractivity contribution in [2.45, 2.75) is 19.6 Å². The predicted molar refractivity (Wildman–Crippen MR) is 472 cm³/mol. The molecule has 1 aromatic heterocycles. The van der Waals surface area contributed by atoms with E-state index in [2.05, 4.69) is 415 Å². The smallest absolute Gasteiger partial charge is 0.252 e. The second-order valence-corrected chi connectivity index (χ2v) is 30.1. The molecule has 0 saturated heterocycles. The number of rotatable bonds is 14. The Hall–Kier alpha value is -14.1. The van der Waals surface area contributed by atoms with Crippen molar-refractivity contribution in [3.8, 4) is 89.0 Å². The molecule has 2 aliphatic heterocycles. The fourth-order valence-electron chi connectivity index (χ4n) is 18.9. The summed E-state index contributed by atoms with van der Waals surface area (Å²) in [5.41, 5.74) is 33.7. The Balaban J connectivity index is 0.858. The van der Waals surface area contributed by atoms with Gasteiger partial charge in [-0.3, -0.25) is 0 Å². The molecule has 0 spiro atoms. The normalized spacial score (nSPS) is 12.4. The van der Waals surface area contributed by atoms with Crippen LogP contribution in [0.2, 0.25) is 0 Å². The number of benzene rings is 19. The lowest BCUT2D eigenvalue weighted by atomic mass is 9.33. The Bertz CT molecular complexity index is 6820. The molecule has 518 valence electrons. The third-order valence-corrected chi connectivity index (χ3v) is 23.9. The van der Waals surface area contributed by atoms with Gasteiger partial charge in [0.25, 0.3) is 6.71 Å². The minimum Gasteiger partial charge on any atom is -0.338 e. The third kappa shape index (κ3) is 10.8. The summed E-state index contributed by atoms with van der Waals surface area (Å²) >= 11 is 0. The number of hydrogen-bond acceptors (Lipinski definition) is 2. The third-order valence-electron chi connectivity index (χ3n) is 23.9. The van der Waals surface area contributed by atoms with E-state index in [1.807, 2.05) is 0 Å². The van der Waals surface area contributed by atoms with E-state index >= 15 is 0 Å². The highest BCUT2D eigenvalue weighted by molar-refractivity contribution is 7.00. The minimum absolute atomic E-state index is 0.227. The SMILES string of the molecule is c1ccc(-c2ccc3c(c2)B2c4cc(-c5cc6cccc7c8cccc9cccc(c(c5)c67)c98)ccc4N(Cc4c(-c5ccccc5)cc(-c5ccccc5)cc4-c4ccccc4)c4cc(Cn5c6ccccc6c6ccccc65)cc(c42)N3Cc2c(-c3ccccc3)cc(-c3ccccc3)cc2-c2ccccc2)cc1. The van der Waals surface area contributed by atoms with Gasteiger partial charge in [-0.1, -0.05) is 328 Å². The van der Waals surface area contributed by atoms with Crippen LogP contribution in [-0.4, -0.2) is 11.3 Å². The maximum atomic E-state index is 2.75. The van der Waals surface area contributed by atoms with Crippen LogP contribution in [0.25, 0.3) is 154 Å². The van der Waals surface area contributed by atoms with Crippen LogP contribution in [-0.2, 0) is 19.6 Å². The molecule has 111 heavy (non-hydrogen) atoms. The first-order valence-corrected chi connectivity index (χ1v) is 38.8. The van der Waals surface area contributed by atoms with Gasteiger partial charge in [-0.25, -0.2) is 0 Å². The highest BCUT2D eigenvalue weighted by atomic mass is 15.2. The Morgan fingerprint density at radius 1 is 0.207 bits per heavy atom. The molecule has 3 heterocycles. The number of aromatic nitrogens is 1. The van der Waals surface area contributed by atoms with Crippen molar-refractivity contribution < 1.29 is 0 Å². The topological polar surface area (TPSA) is 11.4 Å². The Kier molecular flexibility index (Phi) is 15.3. The summed E-state index contributed by atoms with van der Waals surface area (Å²) in [5.74, 6) is 0. The molecule has 0 radical (unpaired) electrons. The molecule has 0 saturated carbocycles. The largest absolute Gasteiger partial charge is 0.338 e. The van der Waals surface area contributed by atoms with Crippen LogP contribution < -0.4 is 26.2 Å². The zero-order valence-electron chi connectivity index (χ0n) is 61.1. The zero-order chi connectivity index (χ0) is 73.0. The van der Waals surface area contributed by atoms with Crippen LogP contribution in [0.1, 0.15) is 16.7 Å². The summed E-state index contributed by atoms with van der Waals surface area (Å²) in [6.07, 6.45) is 0. The number of nitrogens with zero attached hydrogens (tertiary/aromatic N) is 3. The van der Waals surface area contributed by atoms with Crippen LogP contribution >= 0.6 is 0 Å². The molecule has 0 N–H and O–H groups in total. The van der Waals surface area contributed by atoms with E-state index in [9.17, 15) is 0 Å². The number of fused-ring (bicyclic) bond motifs is 9. The van der Waals surface area contributed by atoms with Crippen molar-refractivity contribution in [3.63, 3.8) is 0 Å². The van der Waals surface area contributed by atoms with E-state index in [1.54, 1.807) is 0 Å². The van der Waals surface area contributed by atoms with Crippen LogP contribution in [0, 0.1) is 0 Å². The zero-order valence-corrected chi connectivity index (χ0v) is 61.1. The van der Waals surface area contributed by atoms with Gasteiger partial charge in [0.1, 0.15) is 0 Å². The molecule has 0 atom stereocenters. The van der Waals surface area contributed by atoms with E-state index < -0.39 is 0 Å². The second kappa shape index (κ2) is 26.4. The lowest BCUT2D eigenvalue weighted by Crippen LogP contribution is -2.62. The van der Waals surface area contributed by atoms with Gasteiger partial charge in [-0.05, 0) is 238 Å². The van der Waals surface area contributed by atoms with Gasteiger partial charge in [0, 0.05) is 64.2 Å². The second-order valence-electron chi connectivity index (χ2n) is 30.1. The molecule has 3 nitrogen and oxygen atoms in total. The van der Waals surface area contributed by atoms with Gasteiger partial charge < -0.3 is 14.4 Å². The lowest BCUT2D eigenvalue weighted by molar-refractivity contribution is 0.864. The molecule has 4 heteroatoms. The fraction of sp³-hybridized carbons (Fsp3) is 0.0280. The molecule has 0 fully saturated rings. The molecular weight excluding hydrogens is 1340 g/mol. The summed E-state index contributed by atoms with van der Waals surface area (Å²) in [4.78, 5) is 5.49. The van der Waals surface area contributed by atoms with Crippen molar-refractivity contribution in [3.05, 3.63) is 417 Å². The monoisotopic (exact) mass is 1410 g/mol. The van der Waals surface area contributed by atoms with Gasteiger partial charge in [0.2, 0.25) is 0 Å². The van der Waals surface area contributed by atoms with Crippen molar-refractivity contribution in [1.29, 1.82) is 0 Å². The van der Waals surface area contributed by atoms with Crippen LogP contribution in [0.4, 0.5) is 22.7 Å². The maximum Gasteiger partial charge on any atom is 0.252 e. The maximum absolute atomic E-state index is 2.75. The number of anilines is 4. The van der Waals surface area contributed by atoms with E-state index in [1.165, 1.54) is 210 Å². The molecule has 0 aliphatic carbocycles. The highest BCUT2D eigenvalue weighted by Crippen LogP contribution is 2.49. The van der Waals surface area contributed by atoms with Gasteiger partial charge in [-0.15, -0.1) is 0 Å². The molecule has 19 aromatic carbocycles. The van der Waals surface area contributed by atoms with Gasteiger partial charge in [0.15, 0.2) is 0 Å². The Morgan fingerprint density at radius 3 is 0.964 bits per heavy atom. The van der Waals surface area contributed by atoms with Crippen LogP contribution in [0.3, 0.4) is 0 Å². The molecule has 0 amide bonds. The average molecular weight is 1410 g/mol. The van der Waals surface area contributed by atoms with Crippen LogP contribution in [0.15, 0.2) is 400 Å². The summed E-state index contributed by atoms with van der Waals surface area (Å²) in [6.45, 7) is 1.51. The van der Waals surface area contributed by atoms with Crippen molar-refractivity contribution in [1.82, 2.24) is 4.57 Å². The first-order valence-electron chi connectivity index (χ1n) is 38.8. The van der Waals surface area contributed by atoms with Crippen LogP contribution in [0.5, 0.6) is 0 Å². The minimum atomic E-state index is -0.227. The average Bonchev–Trinajstić information content (AvgIpc) is 1.06. The molecule has 0 unspecified atom stereocenters. The van der Waals surface area contributed by atoms with Gasteiger partial charge in [0.05, 0.1) is 0 Å². The molecular formula is C107H72BN3. The predicted octanol–water partition coefficient (Wildman–Crippen LogP) is 26.0. The van der Waals surface area contributed by atoms with Crippen molar-refractivity contribution >= 4 is 111 Å². The van der Waals surface area contributed by atoms with Crippen molar-refractivity contribution in [2.24, 2.45) is 0 Å². The van der Waals surface area contributed by atoms with E-state index in [-0.39, 0.29) is 6.71 Å². The summed E-state index contributed by atoms with van der Waals surface area (Å²) in [6, 6.07) is 151. The summed E-state index contributed by atoms with van der Waals surface area (Å²) < 4.78 is 2.57. The van der Waals surface area contributed by atoms with E-state index in [0.29, 0.717) is 19.6 Å². The number of hydrogen-bond donors (Lipinski definition) is 0. The Morgan fingerprint density at radius 2 is 0.541 bits per heavy atom. The number of para-hydroxylation sites is 2. The first kappa shape index (κ1) is 64.2. The van der Waals surface area contributed by atoms with E-state index in [0.717, 1.165) is 0 Å². The van der Waals surface area contributed by atoms with Gasteiger partial charge in [-0.2, -0.15) is 0 Å². The first-order chi connectivity index (χ1) is 55.0. The fourth-order valence-corrected chi connectivity index (χ4v) is 18.9. The molecule has 22 rings (SSSR count). The van der Waals surface area contributed by atoms with Crippen molar-refractivity contribution in [2.75, 3.05) is 9.80 Å². The quantitative estimate of drug-likeness (QED) is 0.0611. The lowest BCUT2D eigenvalue weighted by Gasteiger charge is -2.45. The summed E-state index contributed by atoms with van der Waals surface area (Å²) in [7, 11) is 0. The standard InChI is InChI=1S/C107H72BN3/c1-8-29-71(30-9-1)79-53-55-101-97(65-79)108-98-66-80(82-59-81-45-28-49-88-87-48-26-43-78-44-27-50-89(105(78)87)94(64-82)106(81)88)54-56-102(98)111(69-96-92(76-39-18-6-19-40-76)62-84(73-33-12-3-13-34-73)63-93(96)77-41-20-7-21-42-77)104-58-70(67-109-99-51-24-22-46-85(99)86-47-23-25-52-100(86)109)57-103(107(104)108)110(101)68-95-90(74-35-14-4-15-36-74)60-83(72-31-10-2-11-32-72)61-91(95)75-37-16-5-17-38-75/h1-66H,67-69H2. The molecule has 20 aromatic rings. The highest BCUT2D eigenvalue weighted by Gasteiger charge is 2.44.